The van der Waals surface area contributed by atoms with Crippen molar-refractivity contribution in [3.8, 4) is 0 Å². The lowest BCUT2D eigenvalue weighted by Crippen LogP contribution is -2.49. The van der Waals surface area contributed by atoms with E-state index in [1.807, 2.05) is 12.1 Å². The molecule has 18 heavy (non-hydrogen) atoms. The second-order valence-electron chi connectivity index (χ2n) is 4.68. The number of fused-ring (bicyclic) bond motifs is 1. The van der Waals surface area contributed by atoms with Crippen LogP contribution in [0.1, 0.15) is 18.7 Å². The molecule has 5 nitrogen and oxygen atoms in total. The molecule has 0 aliphatic carbocycles. The van der Waals surface area contributed by atoms with Gasteiger partial charge in [-0.25, -0.2) is 4.98 Å². The number of carbonyl (C=O) groups is 1. The van der Waals surface area contributed by atoms with Crippen LogP contribution >= 0.6 is 0 Å². The summed E-state index contributed by atoms with van der Waals surface area (Å²) in [7, 11) is 1.68. The quantitative estimate of drug-likeness (QED) is 0.822. The lowest BCUT2D eigenvalue weighted by atomic mass is 9.92. The number of oxazole rings is 1. The van der Waals surface area contributed by atoms with Gasteiger partial charge in [-0.3, -0.25) is 4.79 Å². The number of hydrogen-bond donors (Lipinski definition) is 1. The molecule has 1 fully saturated rings. The van der Waals surface area contributed by atoms with Crippen LogP contribution in [0.15, 0.2) is 28.7 Å². The van der Waals surface area contributed by atoms with Gasteiger partial charge in [-0.1, -0.05) is 12.1 Å². The Hall–Kier alpha value is -1.88. The molecule has 2 heterocycles. The van der Waals surface area contributed by atoms with Crippen molar-refractivity contribution in [2.45, 2.75) is 18.4 Å². The number of benzene rings is 1. The molecule has 1 aliphatic rings. The standard InChI is InChI=1S/C13H14N2O3/c1-15-8-4-7-13(17,12(15)16)11-14-9-5-2-3-6-10(9)18-11/h2-3,5-6,17H,4,7-8H2,1H3. The van der Waals surface area contributed by atoms with E-state index in [2.05, 4.69) is 4.98 Å². The van der Waals surface area contributed by atoms with Gasteiger partial charge in [0, 0.05) is 13.6 Å². The molecule has 0 spiro atoms. The number of para-hydroxylation sites is 2. The first kappa shape index (κ1) is 11.2. The van der Waals surface area contributed by atoms with E-state index < -0.39 is 5.60 Å². The normalized spacial score (nSPS) is 24.8. The van der Waals surface area contributed by atoms with E-state index in [0.29, 0.717) is 24.1 Å². The van der Waals surface area contributed by atoms with Gasteiger partial charge in [0.2, 0.25) is 11.5 Å². The number of likely N-dealkylation sites (tertiary alicyclic amines) is 1. The number of rotatable bonds is 1. The third-order valence-electron chi connectivity index (χ3n) is 3.38. The van der Waals surface area contributed by atoms with Crippen molar-refractivity contribution in [1.29, 1.82) is 0 Å². The zero-order valence-corrected chi connectivity index (χ0v) is 10.1. The molecule has 1 aromatic carbocycles. The zero-order chi connectivity index (χ0) is 12.8. The van der Waals surface area contributed by atoms with Crippen LogP contribution < -0.4 is 0 Å². The smallest absolute Gasteiger partial charge is 0.264 e. The summed E-state index contributed by atoms with van der Waals surface area (Å²) in [4.78, 5) is 17.8. The molecular formula is C13H14N2O3. The number of likely N-dealkylation sites (N-methyl/N-ethyl adjacent to an activating group) is 1. The Balaban J connectivity index is 2.09. The Kier molecular flexibility index (Phi) is 2.38. The number of amides is 1. The summed E-state index contributed by atoms with van der Waals surface area (Å²) < 4.78 is 5.52. The summed E-state index contributed by atoms with van der Waals surface area (Å²) in [5.74, 6) is -0.249. The monoisotopic (exact) mass is 246 g/mol. The van der Waals surface area contributed by atoms with E-state index in [9.17, 15) is 9.90 Å². The third kappa shape index (κ3) is 1.51. The maximum atomic E-state index is 12.1. The average Bonchev–Trinajstić information content (AvgIpc) is 2.80. The fraction of sp³-hybridized carbons (Fsp3) is 0.385. The van der Waals surface area contributed by atoms with E-state index in [4.69, 9.17) is 4.42 Å². The van der Waals surface area contributed by atoms with Gasteiger partial charge in [0.25, 0.3) is 5.91 Å². The van der Waals surface area contributed by atoms with Gasteiger partial charge in [0.05, 0.1) is 0 Å². The molecule has 1 aliphatic heterocycles. The lowest BCUT2D eigenvalue weighted by molar-refractivity contribution is -0.159. The largest absolute Gasteiger partial charge is 0.437 e. The second-order valence-corrected chi connectivity index (χ2v) is 4.68. The van der Waals surface area contributed by atoms with Crippen LogP contribution in [-0.2, 0) is 10.4 Å². The second kappa shape index (κ2) is 3.81. The van der Waals surface area contributed by atoms with Crippen molar-refractivity contribution in [2.75, 3.05) is 13.6 Å². The minimum absolute atomic E-state index is 0.0975. The molecule has 1 amide bonds. The summed E-state index contributed by atoms with van der Waals surface area (Å²) in [6.07, 6.45) is 1.08. The Bertz CT molecular complexity index is 574. The van der Waals surface area contributed by atoms with E-state index in [1.165, 1.54) is 4.90 Å². The van der Waals surface area contributed by atoms with Crippen molar-refractivity contribution < 1.29 is 14.3 Å². The highest BCUT2D eigenvalue weighted by molar-refractivity contribution is 5.86. The predicted molar refractivity (Wildman–Crippen MR) is 64.8 cm³/mol. The molecule has 94 valence electrons. The average molecular weight is 246 g/mol. The topological polar surface area (TPSA) is 66.6 Å². The van der Waals surface area contributed by atoms with Crippen LogP contribution in [0.4, 0.5) is 0 Å². The summed E-state index contributed by atoms with van der Waals surface area (Å²) in [5, 5.41) is 10.5. The highest BCUT2D eigenvalue weighted by Crippen LogP contribution is 2.33. The van der Waals surface area contributed by atoms with Crippen molar-refractivity contribution in [3.05, 3.63) is 30.2 Å². The van der Waals surface area contributed by atoms with Crippen LogP contribution in [0.2, 0.25) is 0 Å². The Labute approximate surface area is 104 Å². The number of aliphatic hydroxyl groups is 1. The first-order chi connectivity index (χ1) is 8.61. The van der Waals surface area contributed by atoms with Gasteiger partial charge < -0.3 is 14.4 Å². The molecule has 0 radical (unpaired) electrons. The van der Waals surface area contributed by atoms with Crippen LogP contribution in [0.25, 0.3) is 11.1 Å². The van der Waals surface area contributed by atoms with Crippen molar-refractivity contribution in [1.82, 2.24) is 9.88 Å². The summed E-state index contributed by atoms with van der Waals surface area (Å²) in [5.41, 5.74) is -0.379. The maximum absolute atomic E-state index is 12.1. The van der Waals surface area contributed by atoms with Crippen molar-refractivity contribution in [3.63, 3.8) is 0 Å². The Morgan fingerprint density at radius 1 is 1.44 bits per heavy atom. The first-order valence-electron chi connectivity index (χ1n) is 5.95. The minimum atomic E-state index is -1.62. The molecule has 3 rings (SSSR count). The number of carbonyl (C=O) groups excluding carboxylic acids is 1. The van der Waals surface area contributed by atoms with Gasteiger partial charge >= 0.3 is 0 Å². The fourth-order valence-electron chi connectivity index (χ4n) is 2.34. The van der Waals surface area contributed by atoms with Crippen LogP contribution in [0.3, 0.4) is 0 Å². The molecule has 1 saturated heterocycles. The Morgan fingerprint density at radius 2 is 2.22 bits per heavy atom. The van der Waals surface area contributed by atoms with Gasteiger partial charge in [-0.05, 0) is 25.0 Å². The van der Waals surface area contributed by atoms with Crippen LogP contribution in [0.5, 0.6) is 0 Å². The third-order valence-corrected chi connectivity index (χ3v) is 3.38. The molecule has 1 N–H and O–H groups in total. The molecule has 5 heteroatoms. The fourth-order valence-corrected chi connectivity index (χ4v) is 2.34. The Morgan fingerprint density at radius 3 is 3.00 bits per heavy atom. The number of aromatic nitrogens is 1. The molecule has 1 atom stereocenters. The molecular weight excluding hydrogens is 232 g/mol. The van der Waals surface area contributed by atoms with E-state index in [-0.39, 0.29) is 11.8 Å². The summed E-state index contributed by atoms with van der Waals surface area (Å²) >= 11 is 0. The number of hydrogen-bond acceptors (Lipinski definition) is 4. The summed E-state index contributed by atoms with van der Waals surface area (Å²) in [6, 6.07) is 7.23. The summed E-state index contributed by atoms with van der Waals surface area (Å²) in [6.45, 7) is 0.654. The van der Waals surface area contributed by atoms with Crippen molar-refractivity contribution in [2.24, 2.45) is 0 Å². The van der Waals surface area contributed by atoms with E-state index in [0.717, 1.165) is 6.42 Å². The SMILES string of the molecule is CN1CCCC(O)(c2nc3ccccc3o2)C1=O. The molecule has 0 saturated carbocycles. The highest BCUT2D eigenvalue weighted by atomic mass is 16.4. The molecule has 1 aromatic heterocycles. The van der Waals surface area contributed by atoms with E-state index in [1.54, 1.807) is 19.2 Å². The van der Waals surface area contributed by atoms with Gasteiger partial charge in [-0.2, -0.15) is 0 Å². The molecule has 2 aromatic rings. The molecule has 0 bridgehead atoms. The van der Waals surface area contributed by atoms with Gasteiger partial charge in [-0.15, -0.1) is 0 Å². The van der Waals surface area contributed by atoms with Crippen LogP contribution in [-0.4, -0.2) is 34.5 Å². The molecule has 1 unspecified atom stereocenters. The lowest BCUT2D eigenvalue weighted by Gasteiger charge is -2.33. The minimum Gasteiger partial charge on any atom is -0.437 e. The van der Waals surface area contributed by atoms with Crippen molar-refractivity contribution >= 4 is 17.0 Å². The van der Waals surface area contributed by atoms with Crippen LogP contribution in [0, 0.1) is 0 Å². The zero-order valence-electron chi connectivity index (χ0n) is 10.1. The van der Waals surface area contributed by atoms with E-state index >= 15 is 0 Å². The van der Waals surface area contributed by atoms with Gasteiger partial charge in [0.15, 0.2) is 5.58 Å². The van der Waals surface area contributed by atoms with Gasteiger partial charge in [0.1, 0.15) is 5.52 Å². The predicted octanol–water partition coefficient (Wildman–Crippen LogP) is 1.27. The maximum Gasteiger partial charge on any atom is 0.264 e. The first-order valence-corrected chi connectivity index (χ1v) is 5.95. The highest BCUT2D eigenvalue weighted by Gasteiger charge is 2.46. The number of piperidine rings is 1. The number of nitrogens with zero attached hydrogens (tertiary/aromatic N) is 2.